The molecule has 1 amide bonds. The molecule has 4 rings (SSSR count). The lowest BCUT2D eigenvalue weighted by molar-refractivity contribution is -0.120. The molecule has 0 saturated carbocycles. The zero-order valence-corrected chi connectivity index (χ0v) is 18.1. The molecule has 1 aliphatic rings. The van der Waals surface area contributed by atoms with E-state index in [9.17, 15) is 13.2 Å². The van der Waals surface area contributed by atoms with Crippen molar-refractivity contribution in [3.63, 3.8) is 0 Å². The first-order chi connectivity index (χ1) is 14.5. The van der Waals surface area contributed by atoms with Gasteiger partial charge in [-0.1, -0.05) is 18.2 Å². The highest BCUT2D eigenvalue weighted by atomic mass is 32.2. The van der Waals surface area contributed by atoms with Crippen molar-refractivity contribution in [2.24, 2.45) is 5.92 Å². The van der Waals surface area contributed by atoms with Gasteiger partial charge in [0.15, 0.2) is 0 Å². The van der Waals surface area contributed by atoms with Gasteiger partial charge in [-0.15, -0.1) is 0 Å². The Labute approximate surface area is 179 Å². The molecule has 1 aromatic heterocycles. The molecule has 0 spiro atoms. The number of carbonyl (C=O) groups is 1. The van der Waals surface area contributed by atoms with E-state index in [1.807, 2.05) is 19.1 Å². The Morgan fingerprint density at radius 2 is 2.07 bits per heavy atom. The average Bonchev–Trinajstić information content (AvgIpc) is 3.24. The third-order valence-electron chi connectivity index (χ3n) is 5.07. The van der Waals surface area contributed by atoms with Crippen molar-refractivity contribution in [2.45, 2.75) is 24.7 Å². The van der Waals surface area contributed by atoms with Crippen LogP contribution in [0.1, 0.15) is 19.8 Å². The van der Waals surface area contributed by atoms with Crippen LogP contribution >= 0.6 is 11.7 Å². The first-order valence-electron chi connectivity index (χ1n) is 9.75. The van der Waals surface area contributed by atoms with Crippen LogP contribution in [-0.4, -0.2) is 47.1 Å². The number of hydrogen-bond donors (Lipinski definition) is 1. The van der Waals surface area contributed by atoms with Crippen LogP contribution in [-0.2, 0) is 14.8 Å². The number of nitrogens with one attached hydrogen (secondary N) is 1. The molecule has 0 bridgehead atoms. The highest BCUT2D eigenvalue weighted by Crippen LogP contribution is 2.30. The quantitative estimate of drug-likeness (QED) is 0.624. The van der Waals surface area contributed by atoms with E-state index >= 15 is 0 Å². The van der Waals surface area contributed by atoms with Crippen molar-refractivity contribution < 1.29 is 17.9 Å². The predicted molar refractivity (Wildman–Crippen MR) is 115 cm³/mol. The third-order valence-corrected chi connectivity index (χ3v) is 7.51. The van der Waals surface area contributed by atoms with E-state index in [1.165, 1.54) is 4.31 Å². The van der Waals surface area contributed by atoms with Gasteiger partial charge >= 0.3 is 0 Å². The Bertz CT molecular complexity index is 1160. The highest BCUT2D eigenvalue weighted by molar-refractivity contribution is 7.89. The Balaban J connectivity index is 1.53. The van der Waals surface area contributed by atoms with Crippen LogP contribution in [0.2, 0.25) is 0 Å². The van der Waals surface area contributed by atoms with E-state index < -0.39 is 15.9 Å². The van der Waals surface area contributed by atoms with E-state index in [-0.39, 0.29) is 17.3 Å². The Kier molecular flexibility index (Phi) is 5.98. The average molecular weight is 447 g/mol. The molecular formula is C20H22N4O4S2. The molecule has 8 nitrogen and oxygen atoms in total. The molecule has 1 aliphatic heterocycles. The summed E-state index contributed by atoms with van der Waals surface area (Å²) in [5, 5.41) is 2.90. The van der Waals surface area contributed by atoms with Gasteiger partial charge in [-0.2, -0.15) is 13.1 Å². The fraction of sp³-hybridized carbons (Fsp3) is 0.350. The summed E-state index contributed by atoms with van der Waals surface area (Å²) >= 11 is 0.983. The number of para-hydroxylation sites is 2. The molecule has 1 fully saturated rings. The summed E-state index contributed by atoms with van der Waals surface area (Å²) in [6.45, 7) is 2.86. The van der Waals surface area contributed by atoms with Gasteiger partial charge in [-0.3, -0.25) is 4.79 Å². The van der Waals surface area contributed by atoms with Crippen LogP contribution in [0.5, 0.6) is 5.75 Å². The van der Waals surface area contributed by atoms with E-state index in [1.54, 1.807) is 30.3 Å². The number of rotatable bonds is 6. The molecule has 0 aliphatic carbocycles. The first-order valence-corrected chi connectivity index (χ1v) is 11.9. The SMILES string of the molecule is CCOc1ccccc1NC(=O)[C@H]1CCCN(S(=O)(=O)c2cccc3nsnc23)C1. The van der Waals surface area contributed by atoms with Crippen LogP contribution in [0.15, 0.2) is 47.4 Å². The number of nitrogens with zero attached hydrogens (tertiary/aromatic N) is 3. The van der Waals surface area contributed by atoms with E-state index in [2.05, 4.69) is 14.1 Å². The van der Waals surface area contributed by atoms with Gasteiger partial charge in [0, 0.05) is 13.1 Å². The van der Waals surface area contributed by atoms with E-state index in [0.717, 1.165) is 11.7 Å². The second-order valence-corrected chi connectivity index (χ2v) is 9.44. The summed E-state index contributed by atoms with van der Waals surface area (Å²) in [4.78, 5) is 13.0. The molecule has 2 heterocycles. The molecule has 1 saturated heterocycles. The van der Waals surface area contributed by atoms with E-state index in [0.29, 0.717) is 48.5 Å². The normalized spacial score (nSPS) is 17.7. The second-order valence-electron chi connectivity index (χ2n) is 7.01. The summed E-state index contributed by atoms with van der Waals surface area (Å²) < 4.78 is 41.8. The Morgan fingerprint density at radius 3 is 2.90 bits per heavy atom. The number of fused-ring (bicyclic) bond motifs is 1. The van der Waals surface area contributed by atoms with Crippen molar-refractivity contribution in [3.05, 3.63) is 42.5 Å². The monoisotopic (exact) mass is 446 g/mol. The predicted octanol–water partition coefficient (Wildman–Crippen LogP) is 3.13. The summed E-state index contributed by atoms with van der Waals surface area (Å²) in [7, 11) is -3.78. The van der Waals surface area contributed by atoms with Crippen LogP contribution in [0.3, 0.4) is 0 Å². The van der Waals surface area contributed by atoms with Crippen molar-refractivity contribution >= 4 is 44.4 Å². The molecule has 1 N–H and O–H groups in total. The van der Waals surface area contributed by atoms with Gasteiger partial charge in [0.05, 0.1) is 29.9 Å². The maximum absolute atomic E-state index is 13.3. The maximum Gasteiger partial charge on any atom is 0.245 e. The molecular weight excluding hydrogens is 424 g/mol. The fourth-order valence-corrected chi connectivity index (χ4v) is 5.87. The van der Waals surface area contributed by atoms with Crippen molar-refractivity contribution in [1.82, 2.24) is 13.1 Å². The highest BCUT2D eigenvalue weighted by Gasteiger charge is 2.34. The molecule has 30 heavy (non-hydrogen) atoms. The number of amides is 1. The largest absolute Gasteiger partial charge is 0.492 e. The van der Waals surface area contributed by atoms with Gasteiger partial charge in [-0.25, -0.2) is 8.42 Å². The lowest BCUT2D eigenvalue weighted by Crippen LogP contribution is -2.43. The Hall–Kier alpha value is -2.56. The van der Waals surface area contributed by atoms with Gasteiger partial charge < -0.3 is 10.1 Å². The molecule has 3 aromatic rings. The third kappa shape index (κ3) is 4.03. The van der Waals surface area contributed by atoms with Gasteiger partial charge in [0.1, 0.15) is 21.7 Å². The van der Waals surface area contributed by atoms with Crippen LogP contribution in [0.25, 0.3) is 11.0 Å². The zero-order valence-electron chi connectivity index (χ0n) is 16.4. The summed E-state index contributed by atoms with van der Waals surface area (Å²) in [6.07, 6.45) is 1.23. The number of sulfonamides is 1. The number of piperidine rings is 1. The molecule has 10 heteroatoms. The number of benzene rings is 2. The summed E-state index contributed by atoms with van der Waals surface area (Å²) in [5.41, 5.74) is 1.52. The molecule has 158 valence electrons. The van der Waals surface area contributed by atoms with Crippen molar-refractivity contribution in [3.8, 4) is 5.75 Å². The maximum atomic E-state index is 13.3. The number of hydrogen-bond acceptors (Lipinski definition) is 7. The summed E-state index contributed by atoms with van der Waals surface area (Å²) in [5.74, 6) is -0.0668. The van der Waals surface area contributed by atoms with Crippen LogP contribution < -0.4 is 10.1 Å². The topological polar surface area (TPSA) is 101 Å². The van der Waals surface area contributed by atoms with E-state index in [4.69, 9.17) is 4.74 Å². The zero-order chi connectivity index (χ0) is 21.1. The Morgan fingerprint density at radius 1 is 1.23 bits per heavy atom. The number of anilines is 1. The lowest BCUT2D eigenvalue weighted by atomic mass is 9.98. The number of carbonyl (C=O) groups excluding carboxylic acids is 1. The van der Waals surface area contributed by atoms with Gasteiger partial charge in [0.2, 0.25) is 15.9 Å². The molecule has 0 radical (unpaired) electrons. The van der Waals surface area contributed by atoms with Gasteiger partial charge in [-0.05, 0) is 44.0 Å². The minimum atomic E-state index is -3.78. The first kappa shape index (κ1) is 20.7. The second kappa shape index (κ2) is 8.66. The van der Waals surface area contributed by atoms with Crippen molar-refractivity contribution in [2.75, 3.05) is 25.0 Å². The molecule has 2 aromatic carbocycles. The minimum absolute atomic E-state index is 0.124. The fourth-order valence-electron chi connectivity index (χ4n) is 3.59. The van der Waals surface area contributed by atoms with Crippen LogP contribution in [0.4, 0.5) is 5.69 Å². The number of ether oxygens (including phenoxy) is 1. The standard InChI is InChI=1S/C20H22N4O4S2/c1-2-28-17-10-4-3-8-15(17)21-20(25)14-7-6-12-24(13-14)30(26,27)18-11-5-9-16-19(18)23-29-22-16/h3-5,8-11,14H,2,6-7,12-13H2,1H3,(H,21,25)/t14-/m0/s1. The number of aromatic nitrogens is 2. The lowest BCUT2D eigenvalue weighted by Gasteiger charge is -2.31. The smallest absolute Gasteiger partial charge is 0.245 e. The molecule has 1 atom stereocenters. The van der Waals surface area contributed by atoms with Crippen molar-refractivity contribution in [1.29, 1.82) is 0 Å². The van der Waals surface area contributed by atoms with Crippen LogP contribution in [0, 0.1) is 5.92 Å². The minimum Gasteiger partial charge on any atom is -0.492 e. The molecule has 0 unspecified atom stereocenters. The summed E-state index contributed by atoms with van der Waals surface area (Å²) in [6, 6.07) is 12.2. The van der Waals surface area contributed by atoms with Gasteiger partial charge in [0.25, 0.3) is 0 Å².